The van der Waals surface area contributed by atoms with Gasteiger partial charge in [0.15, 0.2) is 0 Å². The first-order valence-electron chi connectivity index (χ1n) is 17.9. The number of carbonyl (C=O) groups is 3. The zero-order chi connectivity index (χ0) is 43.1. The summed E-state index contributed by atoms with van der Waals surface area (Å²) in [6.07, 6.45) is -7.34. The van der Waals surface area contributed by atoms with Crippen LogP contribution in [-0.4, -0.2) is 164 Å². The molecule has 2 heterocycles. The van der Waals surface area contributed by atoms with Crippen molar-refractivity contribution in [2.75, 3.05) is 0 Å². The van der Waals surface area contributed by atoms with Crippen molar-refractivity contribution in [1.29, 1.82) is 0 Å². The molecule has 316 valence electrons. The molecule has 5 atom stereocenters. The molecule has 2 N–H and O–H groups in total. The van der Waals surface area contributed by atoms with Crippen LogP contribution in [0.3, 0.4) is 0 Å². The summed E-state index contributed by atoms with van der Waals surface area (Å²) < 4.78 is 85.2. The van der Waals surface area contributed by atoms with Gasteiger partial charge in [-0.3, -0.25) is 0 Å². The first kappa shape index (κ1) is 56.3. The Morgan fingerprint density at radius 1 is 0.737 bits per heavy atom. The van der Waals surface area contributed by atoms with Crippen LogP contribution in [0, 0.1) is 0 Å². The Morgan fingerprint density at radius 3 is 1.46 bits per heavy atom. The van der Waals surface area contributed by atoms with Crippen LogP contribution in [0.2, 0.25) is 0 Å². The van der Waals surface area contributed by atoms with Gasteiger partial charge in [-0.2, -0.15) is 0 Å². The van der Waals surface area contributed by atoms with Gasteiger partial charge < -0.3 is 12.7 Å². The molecule has 4 rings (SSSR count). The molecular formula is C38H56AlBi2F4LiO11. The molecule has 0 aromatic heterocycles. The third-order valence-electron chi connectivity index (χ3n) is 6.69. The summed E-state index contributed by atoms with van der Waals surface area (Å²) in [5.41, 5.74) is -0.638. The monoisotopic (exact) mass is 1220 g/mol. The molecule has 0 saturated carbocycles. The van der Waals surface area contributed by atoms with Crippen molar-refractivity contribution >= 4 is 101 Å². The predicted molar refractivity (Wildman–Crippen MR) is 213 cm³/mol. The van der Waals surface area contributed by atoms with Gasteiger partial charge in [0, 0.05) is 30.1 Å². The van der Waals surface area contributed by atoms with Crippen molar-refractivity contribution in [3.05, 3.63) is 60.7 Å². The van der Waals surface area contributed by atoms with Crippen molar-refractivity contribution in [3.8, 4) is 0 Å². The fourth-order valence-corrected chi connectivity index (χ4v) is 10.8. The zero-order valence-corrected chi connectivity index (χ0v) is 43.7. The van der Waals surface area contributed by atoms with Gasteiger partial charge in [-0.15, -0.1) is 0 Å². The molecule has 0 aliphatic carbocycles. The maximum Gasteiger partial charge on any atom is 0 e. The number of alkyl halides is 4. The zero-order valence-electron chi connectivity index (χ0n) is 34.7. The summed E-state index contributed by atoms with van der Waals surface area (Å²) in [5.74, 6) is -8.93. The summed E-state index contributed by atoms with van der Waals surface area (Å²) in [5, 5.41) is 17.7. The van der Waals surface area contributed by atoms with Crippen LogP contribution in [0.15, 0.2) is 60.7 Å². The molecule has 2 aromatic carbocycles. The summed E-state index contributed by atoms with van der Waals surface area (Å²) >= 11 is -4.34. The van der Waals surface area contributed by atoms with E-state index >= 15 is 0 Å². The van der Waals surface area contributed by atoms with E-state index in [2.05, 4.69) is 4.74 Å². The van der Waals surface area contributed by atoms with Crippen molar-refractivity contribution < 1.29 is 68.7 Å². The topological polar surface area (TPSA) is 147 Å². The molecule has 2 aliphatic rings. The second-order valence-corrected chi connectivity index (χ2v) is 25.7. The summed E-state index contributed by atoms with van der Waals surface area (Å²) in [7, 11) is 0. The standard InChI is InChI=1S/C7H9F2O4.C7H7F2O4.2C6H5.C4H10O.2C4H9O.Al.2Bi.Li.2H/c2*1-2-4-5(12-3-10)7(8,9)6(11)13-4;2*1-2-4-6-5-3-1;3*1-4(2,3)5;;;;;;/h4-6,11H,2H2,1H3;4-5H,2H2,1H3;2*1-5H;5H,1-3H3;2*1-3H3;;;;;;/q;;;;;2*-1;+2;;;;;/t4-,5+,6?;4-,5+;;;;;;;;;;;/m11.........../s1. The third-order valence-corrected chi connectivity index (χ3v) is 15.6. The number of esters is 1. The van der Waals surface area contributed by atoms with E-state index in [4.69, 9.17) is 26.9 Å². The number of cyclic esters (lactones) is 1. The van der Waals surface area contributed by atoms with E-state index in [1.165, 1.54) is 0 Å². The molecular weight excluding hydrogens is 1160 g/mol. The summed E-state index contributed by atoms with van der Waals surface area (Å²) in [6, 6.07) is 17.9. The first-order chi connectivity index (χ1) is 25.6. The van der Waals surface area contributed by atoms with E-state index in [0.29, 0.717) is 0 Å². The third kappa shape index (κ3) is 22.6. The minimum absolute atomic E-state index is 0. The average molecular weight is 1220 g/mol. The van der Waals surface area contributed by atoms with E-state index in [-0.39, 0.29) is 58.8 Å². The Labute approximate surface area is 375 Å². The Bertz CT molecular complexity index is 1480. The number of aliphatic hydroxyl groups is 2. The van der Waals surface area contributed by atoms with Gasteiger partial charge in [0.25, 0.3) is 0 Å². The Hall–Kier alpha value is -0.734. The SMILES string of the molecule is CC(C)(C)O.CC(C)(C)[O][Al][O]C(C)(C)C.CC[C@H]1OC(=O)C(F)(F)[C@H]1O[C](=O)[BiH][c]1ccccc1.CC[C@H]1OC(O)C(F)(F)[C@H]1O[C](=O)[BiH][c]1ccccc1.[Li]. The predicted octanol–water partition coefficient (Wildman–Crippen LogP) is 4.79. The number of halogens is 4. The molecule has 2 aliphatic heterocycles. The van der Waals surface area contributed by atoms with Gasteiger partial charge >= 0.3 is 268 Å². The van der Waals surface area contributed by atoms with E-state index in [1.807, 2.05) is 53.7 Å². The fourth-order valence-electron chi connectivity index (χ4n) is 4.14. The minimum atomic E-state index is -3.75. The molecule has 2 fully saturated rings. The van der Waals surface area contributed by atoms with Gasteiger partial charge in [-0.05, 0) is 62.3 Å². The van der Waals surface area contributed by atoms with Crippen LogP contribution in [0.25, 0.3) is 0 Å². The van der Waals surface area contributed by atoms with Crippen molar-refractivity contribution in [3.63, 3.8) is 0 Å². The number of rotatable bonds is 10. The summed E-state index contributed by atoms with van der Waals surface area (Å²) in [4.78, 5) is 34.7. The van der Waals surface area contributed by atoms with E-state index in [1.54, 1.807) is 83.1 Å². The maximum absolute atomic E-state index is 13.7. The molecule has 0 bridgehead atoms. The molecule has 2 radical (unpaired) electrons. The second kappa shape index (κ2) is 25.3. The number of ether oxygens (including phenoxy) is 4. The Balaban J connectivity index is 0.000000800. The van der Waals surface area contributed by atoms with E-state index in [0.717, 1.165) is 6.54 Å². The van der Waals surface area contributed by atoms with Crippen LogP contribution in [-0.2, 0) is 31.3 Å². The van der Waals surface area contributed by atoms with E-state index < -0.39 is 108 Å². The van der Waals surface area contributed by atoms with Crippen molar-refractivity contribution in [2.45, 2.75) is 148 Å². The molecule has 0 amide bonds. The number of carbonyl (C=O) groups excluding carboxylic acids is 3. The van der Waals surface area contributed by atoms with Gasteiger partial charge in [-0.25, -0.2) is 0 Å². The van der Waals surface area contributed by atoms with Gasteiger partial charge in [0.2, 0.25) is 0 Å². The minimum Gasteiger partial charge on any atom is 0 e. The fraction of sp³-hybridized carbons (Fsp3) is 0.605. The molecule has 19 heteroatoms. The maximum atomic E-state index is 13.7. The van der Waals surface area contributed by atoms with Crippen LogP contribution < -0.4 is 6.54 Å². The van der Waals surface area contributed by atoms with Gasteiger partial charge in [-0.1, -0.05) is 0 Å². The van der Waals surface area contributed by atoms with E-state index in [9.17, 15) is 37.1 Å². The van der Waals surface area contributed by atoms with Crippen LogP contribution in [0.5, 0.6) is 0 Å². The number of hydrogen-bond donors (Lipinski definition) is 2. The molecule has 2 aromatic rings. The average Bonchev–Trinajstić information content (AvgIpc) is 3.41. The van der Waals surface area contributed by atoms with Crippen LogP contribution in [0.1, 0.15) is 89.0 Å². The molecule has 0 spiro atoms. The number of benzene rings is 2. The second-order valence-electron chi connectivity index (χ2n) is 15.4. The molecule has 1 unspecified atom stereocenters. The summed E-state index contributed by atoms with van der Waals surface area (Å²) in [6.45, 7) is 20.7. The quantitative estimate of drug-likeness (QED) is 0.147. The number of aliphatic hydroxyl groups excluding tert-OH is 1. The first-order valence-corrected chi connectivity index (χ1v) is 26.6. The Morgan fingerprint density at radius 2 is 1.11 bits per heavy atom. The normalized spacial score (nSPS) is 22.1. The van der Waals surface area contributed by atoms with Crippen LogP contribution >= 0.6 is 0 Å². The van der Waals surface area contributed by atoms with Gasteiger partial charge in [0.1, 0.15) is 0 Å². The molecule has 2 saturated heterocycles. The smallest absolute Gasteiger partial charge is 0 e. The van der Waals surface area contributed by atoms with Crippen molar-refractivity contribution in [1.82, 2.24) is 0 Å². The molecule has 57 heavy (non-hydrogen) atoms. The van der Waals surface area contributed by atoms with Crippen LogP contribution in [0.4, 0.5) is 27.2 Å². The number of hydrogen-bond acceptors (Lipinski definition) is 11. The van der Waals surface area contributed by atoms with Crippen molar-refractivity contribution in [2.24, 2.45) is 0 Å². The largest absolute Gasteiger partial charge is 0 e. The molecule has 11 nitrogen and oxygen atoms in total. The van der Waals surface area contributed by atoms with Gasteiger partial charge in [0.05, 0.1) is 5.60 Å². The Kier molecular flexibility index (Phi) is 24.9.